The van der Waals surface area contributed by atoms with Gasteiger partial charge in [0.05, 0.1) is 12.1 Å². The molecule has 0 fully saturated rings. The largest absolute Gasteiger partial charge is 0.372 e. The highest BCUT2D eigenvalue weighted by molar-refractivity contribution is 5.74. The van der Waals surface area contributed by atoms with Gasteiger partial charge in [0.1, 0.15) is 12.4 Å². The monoisotopic (exact) mass is 206 g/mol. The van der Waals surface area contributed by atoms with E-state index in [2.05, 4.69) is 15.0 Å². The number of nitrogens with two attached hydrogens (primary N) is 1. The Balaban J connectivity index is 2.20. The van der Waals surface area contributed by atoms with E-state index in [1.54, 1.807) is 6.20 Å². The van der Waals surface area contributed by atoms with Gasteiger partial charge in [0.25, 0.3) is 0 Å². The van der Waals surface area contributed by atoms with Gasteiger partial charge in [0.15, 0.2) is 5.65 Å². The summed E-state index contributed by atoms with van der Waals surface area (Å²) in [6.07, 6.45) is 1.75. The Labute approximate surface area is 87.7 Å². The third kappa shape index (κ3) is 2.14. The molecule has 5 nitrogen and oxygen atoms in total. The Morgan fingerprint density at radius 1 is 1.53 bits per heavy atom. The lowest BCUT2D eigenvalue weighted by molar-refractivity contribution is 0.123. The number of aromatic nitrogens is 3. The summed E-state index contributed by atoms with van der Waals surface area (Å²) in [6, 6.07) is 1.95. The third-order valence-electron chi connectivity index (χ3n) is 2.15. The lowest BCUT2D eigenvalue weighted by Crippen LogP contribution is -2.08. The van der Waals surface area contributed by atoms with Crippen LogP contribution in [-0.2, 0) is 11.3 Å². The summed E-state index contributed by atoms with van der Waals surface area (Å²) >= 11 is 0. The fraction of sp³-hybridized carbons (Fsp3) is 0.400. The minimum absolute atomic E-state index is 0.451. The van der Waals surface area contributed by atoms with Crippen molar-refractivity contribution in [1.29, 1.82) is 0 Å². The number of imidazole rings is 1. The molecule has 5 heteroatoms. The van der Waals surface area contributed by atoms with Gasteiger partial charge in [-0.3, -0.25) is 0 Å². The molecule has 3 N–H and O–H groups in total. The van der Waals surface area contributed by atoms with Gasteiger partial charge < -0.3 is 15.5 Å². The van der Waals surface area contributed by atoms with E-state index in [0.29, 0.717) is 19.8 Å². The quantitative estimate of drug-likeness (QED) is 0.723. The fourth-order valence-corrected chi connectivity index (χ4v) is 1.40. The molecule has 0 bridgehead atoms. The van der Waals surface area contributed by atoms with Crippen molar-refractivity contribution in [1.82, 2.24) is 15.0 Å². The predicted molar refractivity (Wildman–Crippen MR) is 57.3 cm³/mol. The zero-order valence-electron chi connectivity index (χ0n) is 8.66. The summed E-state index contributed by atoms with van der Waals surface area (Å²) in [7, 11) is 0. The Morgan fingerprint density at radius 2 is 2.40 bits per heavy atom. The molecule has 0 aliphatic rings. The van der Waals surface area contributed by atoms with Crippen LogP contribution in [0.1, 0.15) is 11.4 Å². The van der Waals surface area contributed by atoms with E-state index in [0.717, 1.165) is 22.6 Å². The molecule has 0 aliphatic heterocycles. The van der Waals surface area contributed by atoms with Gasteiger partial charge >= 0.3 is 0 Å². The number of hydrogen-bond donors (Lipinski definition) is 2. The van der Waals surface area contributed by atoms with Crippen molar-refractivity contribution < 1.29 is 4.74 Å². The topological polar surface area (TPSA) is 76.8 Å². The van der Waals surface area contributed by atoms with Gasteiger partial charge in [-0.05, 0) is 18.6 Å². The Morgan fingerprint density at radius 3 is 3.13 bits per heavy atom. The SMILES string of the molecule is Cc1ccnc2nc(COCCN)[nH]c12. The van der Waals surface area contributed by atoms with Gasteiger partial charge in [-0.1, -0.05) is 0 Å². The number of H-pyrrole nitrogens is 1. The van der Waals surface area contributed by atoms with Crippen molar-refractivity contribution in [2.75, 3.05) is 13.2 Å². The van der Waals surface area contributed by atoms with Gasteiger partial charge in [-0.2, -0.15) is 0 Å². The molecule has 0 radical (unpaired) electrons. The van der Waals surface area contributed by atoms with Gasteiger partial charge in [0, 0.05) is 12.7 Å². The molecule has 0 saturated heterocycles. The number of fused-ring (bicyclic) bond motifs is 1. The molecule has 2 heterocycles. The highest BCUT2D eigenvalue weighted by Gasteiger charge is 2.05. The molecule has 0 spiro atoms. The van der Waals surface area contributed by atoms with Crippen LogP contribution in [0.25, 0.3) is 11.2 Å². The maximum Gasteiger partial charge on any atom is 0.178 e. The van der Waals surface area contributed by atoms with Crippen molar-refractivity contribution in [3.8, 4) is 0 Å². The Kier molecular flexibility index (Phi) is 2.94. The molecule has 0 atom stereocenters. The maximum atomic E-state index is 5.32. The highest BCUT2D eigenvalue weighted by Crippen LogP contribution is 2.13. The maximum absolute atomic E-state index is 5.32. The number of nitrogens with one attached hydrogen (secondary N) is 1. The standard InChI is InChI=1S/C10H14N4O/c1-7-2-4-12-10-9(7)13-8(14-10)6-15-5-3-11/h2,4H,3,5-6,11H2,1H3,(H,12,13,14). The lowest BCUT2D eigenvalue weighted by Gasteiger charge is -1.97. The zero-order valence-corrected chi connectivity index (χ0v) is 8.66. The van der Waals surface area contributed by atoms with Gasteiger partial charge in [0.2, 0.25) is 0 Å². The second-order valence-electron chi connectivity index (χ2n) is 3.35. The molecule has 0 aliphatic carbocycles. The highest BCUT2D eigenvalue weighted by atomic mass is 16.5. The first kappa shape index (κ1) is 10.1. The van der Waals surface area contributed by atoms with Crippen molar-refractivity contribution in [3.05, 3.63) is 23.7 Å². The summed E-state index contributed by atoms with van der Waals surface area (Å²) in [4.78, 5) is 11.7. The smallest absolute Gasteiger partial charge is 0.178 e. The molecule has 15 heavy (non-hydrogen) atoms. The van der Waals surface area contributed by atoms with Crippen LogP contribution in [0.3, 0.4) is 0 Å². The number of pyridine rings is 1. The zero-order chi connectivity index (χ0) is 10.7. The summed E-state index contributed by atoms with van der Waals surface area (Å²) in [5, 5.41) is 0. The number of aromatic amines is 1. The molecule has 0 amide bonds. The molecule has 0 saturated carbocycles. The van der Waals surface area contributed by atoms with Crippen LogP contribution in [0.4, 0.5) is 0 Å². The molecule has 0 unspecified atom stereocenters. The van der Waals surface area contributed by atoms with Crippen molar-refractivity contribution in [2.24, 2.45) is 5.73 Å². The number of aryl methyl sites for hydroxylation is 1. The van der Waals surface area contributed by atoms with Crippen LogP contribution >= 0.6 is 0 Å². The first-order valence-electron chi connectivity index (χ1n) is 4.89. The summed E-state index contributed by atoms with van der Waals surface area (Å²) in [5.74, 6) is 0.792. The third-order valence-corrected chi connectivity index (χ3v) is 2.15. The van der Waals surface area contributed by atoms with E-state index in [9.17, 15) is 0 Å². The molecule has 2 rings (SSSR count). The Hall–Kier alpha value is -1.46. The van der Waals surface area contributed by atoms with Crippen LogP contribution in [0.5, 0.6) is 0 Å². The number of ether oxygens (including phenoxy) is 1. The van der Waals surface area contributed by atoms with Gasteiger partial charge in [-0.15, -0.1) is 0 Å². The summed E-state index contributed by atoms with van der Waals surface area (Å²) in [5.41, 5.74) is 8.17. The average Bonchev–Trinajstić information content (AvgIpc) is 2.63. The van der Waals surface area contributed by atoms with Crippen molar-refractivity contribution >= 4 is 11.2 Å². The van der Waals surface area contributed by atoms with E-state index < -0.39 is 0 Å². The van der Waals surface area contributed by atoms with E-state index in [4.69, 9.17) is 10.5 Å². The minimum Gasteiger partial charge on any atom is -0.372 e. The van der Waals surface area contributed by atoms with Crippen LogP contribution in [0, 0.1) is 6.92 Å². The molecule has 2 aromatic rings. The predicted octanol–water partition coefficient (Wildman–Crippen LogP) is 0.742. The molecule has 80 valence electrons. The molecule has 2 aromatic heterocycles. The van der Waals surface area contributed by atoms with E-state index in [1.807, 2.05) is 13.0 Å². The summed E-state index contributed by atoms with van der Waals surface area (Å²) < 4.78 is 5.29. The van der Waals surface area contributed by atoms with Crippen LogP contribution in [0.15, 0.2) is 12.3 Å². The fourth-order valence-electron chi connectivity index (χ4n) is 1.40. The molecular weight excluding hydrogens is 192 g/mol. The van der Waals surface area contributed by atoms with Crippen LogP contribution < -0.4 is 5.73 Å². The first-order valence-corrected chi connectivity index (χ1v) is 4.89. The Bertz CT molecular complexity index is 452. The van der Waals surface area contributed by atoms with Gasteiger partial charge in [-0.25, -0.2) is 9.97 Å². The normalized spacial score (nSPS) is 11.1. The minimum atomic E-state index is 0.451. The van der Waals surface area contributed by atoms with E-state index in [-0.39, 0.29) is 0 Å². The van der Waals surface area contributed by atoms with Crippen molar-refractivity contribution in [2.45, 2.75) is 13.5 Å². The number of nitrogens with zero attached hydrogens (tertiary/aromatic N) is 2. The van der Waals surface area contributed by atoms with Crippen molar-refractivity contribution in [3.63, 3.8) is 0 Å². The number of hydrogen-bond acceptors (Lipinski definition) is 4. The van der Waals surface area contributed by atoms with Crippen LogP contribution in [0.2, 0.25) is 0 Å². The van der Waals surface area contributed by atoms with Crippen LogP contribution in [-0.4, -0.2) is 28.1 Å². The summed E-state index contributed by atoms with van der Waals surface area (Å²) in [6.45, 7) is 3.54. The molecular formula is C10H14N4O. The molecule has 0 aromatic carbocycles. The first-order chi connectivity index (χ1) is 7.31. The van der Waals surface area contributed by atoms with E-state index >= 15 is 0 Å². The second kappa shape index (κ2) is 4.37. The number of rotatable bonds is 4. The lowest BCUT2D eigenvalue weighted by atomic mass is 10.3. The second-order valence-corrected chi connectivity index (χ2v) is 3.35. The van der Waals surface area contributed by atoms with E-state index in [1.165, 1.54) is 0 Å². The average molecular weight is 206 g/mol.